The molecule has 1 atom stereocenters. The molecule has 0 spiro atoms. The number of para-hydroxylation sites is 2. The van der Waals surface area contributed by atoms with Crippen LogP contribution in [0.25, 0.3) is 17.3 Å². The Labute approximate surface area is 173 Å². The van der Waals surface area contributed by atoms with Gasteiger partial charge >= 0.3 is 0 Å². The number of furan rings is 1. The van der Waals surface area contributed by atoms with Crippen LogP contribution in [0.3, 0.4) is 0 Å². The van der Waals surface area contributed by atoms with Crippen LogP contribution in [0, 0.1) is 6.92 Å². The molecule has 0 saturated heterocycles. The second-order valence-electron chi connectivity index (χ2n) is 6.52. The maximum absolute atomic E-state index is 12.7. The Morgan fingerprint density at radius 3 is 2.52 bits per heavy atom. The van der Waals surface area contributed by atoms with Gasteiger partial charge in [0, 0.05) is 11.4 Å². The van der Waals surface area contributed by atoms with Crippen molar-refractivity contribution in [2.45, 2.75) is 24.3 Å². The van der Waals surface area contributed by atoms with Crippen molar-refractivity contribution in [3.63, 3.8) is 0 Å². The summed E-state index contributed by atoms with van der Waals surface area (Å²) in [5, 5.41) is 11.9. The average molecular weight is 404 g/mol. The van der Waals surface area contributed by atoms with Crippen LogP contribution >= 0.6 is 11.8 Å². The molecular formula is C22H20N4O2S. The van der Waals surface area contributed by atoms with E-state index in [2.05, 4.69) is 15.5 Å². The van der Waals surface area contributed by atoms with Crippen LogP contribution in [0.15, 0.2) is 82.6 Å². The standard InChI is InChI=1S/C22H20N4O2S/c1-15-9-6-7-12-18(15)23-21(27)16(2)29-22-25-24-20(19-13-8-14-28-19)26(22)17-10-4-3-5-11-17/h3-14,16H,1-2H3,(H,23,27). The summed E-state index contributed by atoms with van der Waals surface area (Å²) >= 11 is 1.35. The average Bonchev–Trinajstić information content (AvgIpc) is 3.40. The third-order valence-electron chi connectivity index (χ3n) is 4.44. The summed E-state index contributed by atoms with van der Waals surface area (Å²) in [4.78, 5) is 12.7. The van der Waals surface area contributed by atoms with Crippen LogP contribution in [0.4, 0.5) is 5.69 Å². The molecule has 0 aliphatic rings. The highest BCUT2D eigenvalue weighted by Gasteiger charge is 2.23. The zero-order valence-corrected chi connectivity index (χ0v) is 16.9. The second kappa shape index (κ2) is 8.36. The van der Waals surface area contributed by atoms with E-state index in [1.807, 2.05) is 85.1 Å². The fourth-order valence-electron chi connectivity index (χ4n) is 2.88. The third kappa shape index (κ3) is 4.09. The summed E-state index contributed by atoms with van der Waals surface area (Å²) in [6.45, 7) is 3.82. The number of aryl methyl sites for hydroxylation is 1. The Hall–Kier alpha value is -3.32. The number of carbonyl (C=O) groups excluding carboxylic acids is 1. The molecule has 146 valence electrons. The zero-order chi connectivity index (χ0) is 20.2. The van der Waals surface area contributed by atoms with Crippen molar-refractivity contribution in [2.75, 3.05) is 5.32 Å². The molecule has 7 heteroatoms. The van der Waals surface area contributed by atoms with E-state index < -0.39 is 0 Å². The summed E-state index contributed by atoms with van der Waals surface area (Å²) in [7, 11) is 0. The van der Waals surface area contributed by atoms with Crippen molar-refractivity contribution >= 4 is 23.4 Å². The van der Waals surface area contributed by atoms with E-state index >= 15 is 0 Å². The van der Waals surface area contributed by atoms with E-state index in [0.717, 1.165) is 16.9 Å². The number of aromatic nitrogens is 3. The van der Waals surface area contributed by atoms with E-state index in [1.54, 1.807) is 6.26 Å². The van der Waals surface area contributed by atoms with Gasteiger partial charge in [0.05, 0.1) is 11.5 Å². The van der Waals surface area contributed by atoms with Crippen LogP contribution in [0.1, 0.15) is 12.5 Å². The topological polar surface area (TPSA) is 73.0 Å². The van der Waals surface area contributed by atoms with Gasteiger partial charge in [-0.1, -0.05) is 48.2 Å². The van der Waals surface area contributed by atoms with E-state index in [0.29, 0.717) is 16.7 Å². The number of anilines is 1. The summed E-state index contributed by atoms with van der Waals surface area (Å²) in [6.07, 6.45) is 1.60. The Bertz CT molecular complexity index is 1110. The maximum Gasteiger partial charge on any atom is 0.237 e. The second-order valence-corrected chi connectivity index (χ2v) is 7.83. The Morgan fingerprint density at radius 1 is 1.03 bits per heavy atom. The molecule has 1 unspecified atom stereocenters. The highest BCUT2D eigenvalue weighted by molar-refractivity contribution is 8.00. The van der Waals surface area contributed by atoms with Gasteiger partial charge in [0.2, 0.25) is 11.7 Å². The minimum atomic E-state index is -0.370. The Morgan fingerprint density at radius 2 is 1.79 bits per heavy atom. The molecule has 2 aromatic carbocycles. The molecule has 0 radical (unpaired) electrons. The van der Waals surface area contributed by atoms with Crippen LogP contribution in [0.2, 0.25) is 0 Å². The van der Waals surface area contributed by atoms with Gasteiger partial charge < -0.3 is 9.73 Å². The summed E-state index contributed by atoms with van der Waals surface area (Å²) in [6, 6.07) is 21.1. The van der Waals surface area contributed by atoms with E-state index in [1.165, 1.54) is 11.8 Å². The zero-order valence-electron chi connectivity index (χ0n) is 16.1. The maximum atomic E-state index is 12.7. The van der Waals surface area contributed by atoms with E-state index in [-0.39, 0.29) is 11.2 Å². The Balaban J connectivity index is 1.62. The van der Waals surface area contributed by atoms with Crippen molar-refractivity contribution in [2.24, 2.45) is 0 Å². The van der Waals surface area contributed by atoms with Crippen LogP contribution in [-0.2, 0) is 4.79 Å². The first-order valence-electron chi connectivity index (χ1n) is 9.21. The minimum Gasteiger partial charge on any atom is -0.461 e. The molecule has 0 saturated carbocycles. The number of carbonyl (C=O) groups is 1. The van der Waals surface area contributed by atoms with Crippen LogP contribution in [-0.4, -0.2) is 25.9 Å². The molecule has 6 nitrogen and oxygen atoms in total. The number of rotatable bonds is 6. The molecular weight excluding hydrogens is 384 g/mol. The molecule has 0 bridgehead atoms. The van der Waals surface area contributed by atoms with Gasteiger partial charge in [-0.3, -0.25) is 9.36 Å². The molecule has 0 aliphatic heterocycles. The number of hydrogen-bond donors (Lipinski definition) is 1. The number of hydrogen-bond acceptors (Lipinski definition) is 5. The van der Waals surface area contributed by atoms with Crippen molar-refractivity contribution in [1.29, 1.82) is 0 Å². The largest absolute Gasteiger partial charge is 0.461 e. The molecule has 1 amide bonds. The lowest BCUT2D eigenvalue weighted by atomic mass is 10.2. The monoisotopic (exact) mass is 404 g/mol. The highest BCUT2D eigenvalue weighted by Crippen LogP contribution is 2.30. The van der Waals surface area contributed by atoms with Gasteiger partial charge in [0.15, 0.2) is 10.9 Å². The molecule has 2 aromatic heterocycles. The van der Waals surface area contributed by atoms with Crippen LogP contribution < -0.4 is 5.32 Å². The lowest BCUT2D eigenvalue weighted by Crippen LogP contribution is -2.23. The number of benzene rings is 2. The molecule has 0 fully saturated rings. The van der Waals surface area contributed by atoms with Crippen molar-refractivity contribution in [3.8, 4) is 17.3 Å². The molecule has 2 heterocycles. The smallest absolute Gasteiger partial charge is 0.237 e. The molecule has 0 aliphatic carbocycles. The van der Waals surface area contributed by atoms with Gasteiger partial charge in [-0.2, -0.15) is 0 Å². The fourth-order valence-corrected chi connectivity index (χ4v) is 3.75. The number of nitrogens with one attached hydrogen (secondary N) is 1. The van der Waals surface area contributed by atoms with Gasteiger partial charge in [0.25, 0.3) is 0 Å². The minimum absolute atomic E-state index is 0.0912. The molecule has 4 aromatic rings. The fraction of sp³-hybridized carbons (Fsp3) is 0.136. The highest BCUT2D eigenvalue weighted by atomic mass is 32.2. The summed E-state index contributed by atoms with van der Waals surface area (Å²) in [5.41, 5.74) is 2.73. The van der Waals surface area contributed by atoms with Crippen molar-refractivity contribution < 1.29 is 9.21 Å². The third-order valence-corrected chi connectivity index (χ3v) is 5.49. The van der Waals surface area contributed by atoms with Crippen LogP contribution in [0.5, 0.6) is 0 Å². The van der Waals surface area contributed by atoms with E-state index in [9.17, 15) is 4.79 Å². The molecule has 1 N–H and O–H groups in total. The molecule has 29 heavy (non-hydrogen) atoms. The SMILES string of the molecule is Cc1ccccc1NC(=O)C(C)Sc1nnc(-c2ccco2)n1-c1ccccc1. The predicted molar refractivity (Wildman–Crippen MR) is 114 cm³/mol. The van der Waals surface area contributed by atoms with Gasteiger partial charge in [0.1, 0.15) is 0 Å². The first-order chi connectivity index (χ1) is 14.1. The van der Waals surface area contributed by atoms with Gasteiger partial charge in [-0.25, -0.2) is 0 Å². The number of nitrogens with zero attached hydrogens (tertiary/aromatic N) is 3. The van der Waals surface area contributed by atoms with Gasteiger partial charge in [-0.15, -0.1) is 10.2 Å². The normalized spacial score (nSPS) is 11.9. The quantitative estimate of drug-likeness (QED) is 0.460. The Kier molecular flexibility index (Phi) is 5.48. The summed E-state index contributed by atoms with van der Waals surface area (Å²) < 4.78 is 7.43. The predicted octanol–water partition coefficient (Wildman–Crippen LogP) is 4.96. The van der Waals surface area contributed by atoms with Crippen molar-refractivity contribution in [1.82, 2.24) is 14.8 Å². The number of thioether (sulfide) groups is 1. The van der Waals surface area contributed by atoms with Crippen molar-refractivity contribution in [3.05, 3.63) is 78.6 Å². The van der Waals surface area contributed by atoms with Gasteiger partial charge in [-0.05, 0) is 49.7 Å². The summed E-state index contributed by atoms with van der Waals surface area (Å²) in [5.74, 6) is 1.12. The van der Waals surface area contributed by atoms with E-state index in [4.69, 9.17) is 4.42 Å². The lowest BCUT2D eigenvalue weighted by Gasteiger charge is -2.14. The lowest BCUT2D eigenvalue weighted by molar-refractivity contribution is -0.115. The molecule has 4 rings (SSSR count). The number of amides is 1. The first kappa shape index (κ1) is 19.0. The first-order valence-corrected chi connectivity index (χ1v) is 10.1.